The highest BCUT2D eigenvalue weighted by atomic mass is 35.5. The van der Waals surface area contributed by atoms with Gasteiger partial charge in [0, 0.05) is 11.6 Å². The Labute approximate surface area is 129 Å². The van der Waals surface area contributed by atoms with Gasteiger partial charge < -0.3 is 4.74 Å². The first-order valence-corrected chi connectivity index (χ1v) is 7.18. The monoisotopic (exact) mass is 304 g/mol. The van der Waals surface area contributed by atoms with E-state index in [4.69, 9.17) is 21.6 Å². The summed E-state index contributed by atoms with van der Waals surface area (Å²) in [7, 11) is 0. The van der Waals surface area contributed by atoms with E-state index in [9.17, 15) is 0 Å². The summed E-state index contributed by atoms with van der Waals surface area (Å²) in [6.07, 6.45) is 0.974. The molecule has 0 aliphatic carbocycles. The van der Waals surface area contributed by atoms with Crippen molar-refractivity contribution in [3.63, 3.8) is 0 Å². The van der Waals surface area contributed by atoms with Crippen molar-refractivity contribution in [2.24, 2.45) is 5.92 Å². The van der Waals surface area contributed by atoms with Crippen LogP contribution < -0.4 is 4.74 Å². The molecular formula is C15H17ClN4O. The number of hydrogen-bond acceptors (Lipinski definition) is 4. The highest BCUT2D eigenvalue weighted by molar-refractivity contribution is 6.30. The van der Waals surface area contributed by atoms with Gasteiger partial charge in [0.05, 0.1) is 0 Å². The quantitative estimate of drug-likeness (QED) is 0.820. The van der Waals surface area contributed by atoms with Crippen LogP contribution in [0, 0.1) is 17.2 Å². The molecule has 2 rings (SSSR count). The molecule has 6 heteroatoms. The number of halogens is 1. The van der Waals surface area contributed by atoms with Gasteiger partial charge in [-0.25, -0.2) is 4.68 Å². The lowest BCUT2D eigenvalue weighted by Crippen LogP contribution is -2.10. The predicted octanol–water partition coefficient (Wildman–Crippen LogP) is 3.43. The average Bonchev–Trinajstić information content (AvgIpc) is 2.86. The molecule has 0 spiro atoms. The number of nitrogens with zero attached hydrogens (tertiary/aromatic N) is 4. The minimum Gasteiger partial charge on any atom is -0.487 e. The normalized spacial score (nSPS) is 10.6. The van der Waals surface area contributed by atoms with Crippen LogP contribution in [0.25, 0.3) is 0 Å². The van der Waals surface area contributed by atoms with Crippen molar-refractivity contribution in [3.8, 4) is 11.8 Å². The Kier molecular flexibility index (Phi) is 5.18. The standard InChI is InChI=1S/C15H17ClN4O/c1-11(2)7-8-20-15(14(9-17)18-19-20)10-21-13-5-3-12(16)4-6-13/h3-6,11H,7-8,10H2,1-2H3. The first kappa shape index (κ1) is 15.3. The molecule has 1 aromatic carbocycles. The molecule has 0 atom stereocenters. The van der Waals surface area contributed by atoms with E-state index in [1.165, 1.54) is 0 Å². The molecule has 0 saturated heterocycles. The van der Waals surface area contributed by atoms with Crippen molar-refractivity contribution in [2.75, 3.05) is 0 Å². The molecule has 0 amide bonds. The Hall–Kier alpha value is -2.06. The van der Waals surface area contributed by atoms with Gasteiger partial charge in [-0.2, -0.15) is 5.26 Å². The van der Waals surface area contributed by atoms with Crippen LogP contribution >= 0.6 is 11.6 Å². The van der Waals surface area contributed by atoms with Crippen molar-refractivity contribution in [1.82, 2.24) is 15.0 Å². The topological polar surface area (TPSA) is 63.7 Å². The molecule has 0 N–H and O–H groups in total. The van der Waals surface area contributed by atoms with E-state index in [1.54, 1.807) is 28.9 Å². The predicted molar refractivity (Wildman–Crippen MR) is 80.0 cm³/mol. The molecule has 0 saturated carbocycles. The van der Waals surface area contributed by atoms with Crippen molar-refractivity contribution >= 4 is 11.6 Å². The van der Waals surface area contributed by atoms with Crippen LogP contribution in [0.3, 0.4) is 0 Å². The average molecular weight is 305 g/mol. The molecule has 1 heterocycles. The molecule has 0 aliphatic rings. The lowest BCUT2D eigenvalue weighted by atomic mass is 10.1. The fraction of sp³-hybridized carbons (Fsp3) is 0.400. The van der Waals surface area contributed by atoms with E-state index < -0.39 is 0 Å². The summed E-state index contributed by atoms with van der Waals surface area (Å²) < 4.78 is 7.43. The van der Waals surface area contributed by atoms with Gasteiger partial charge in [0.2, 0.25) is 0 Å². The molecule has 0 aliphatic heterocycles. The van der Waals surface area contributed by atoms with Crippen LogP contribution in [0.5, 0.6) is 5.75 Å². The zero-order valence-electron chi connectivity index (χ0n) is 12.1. The summed E-state index contributed by atoms with van der Waals surface area (Å²) in [6, 6.07) is 9.15. The Morgan fingerprint density at radius 3 is 2.67 bits per heavy atom. The maximum Gasteiger partial charge on any atom is 0.189 e. The van der Waals surface area contributed by atoms with Gasteiger partial charge in [-0.3, -0.25) is 0 Å². The number of aromatic nitrogens is 3. The van der Waals surface area contributed by atoms with Gasteiger partial charge in [0.15, 0.2) is 5.69 Å². The fourth-order valence-electron chi connectivity index (χ4n) is 1.81. The summed E-state index contributed by atoms with van der Waals surface area (Å²) in [5.74, 6) is 1.25. The van der Waals surface area contributed by atoms with E-state index in [1.807, 2.05) is 0 Å². The molecule has 0 unspecified atom stereocenters. The number of rotatable bonds is 6. The molecular weight excluding hydrogens is 288 g/mol. The van der Waals surface area contributed by atoms with Crippen LogP contribution in [0.15, 0.2) is 24.3 Å². The first-order valence-electron chi connectivity index (χ1n) is 6.81. The fourth-order valence-corrected chi connectivity index (χ4v) is 1.93. The second-order valence-electron chi connectivity index (χ2n) is 5.14. The second-order valence-corrected chi connectivity index (χ2v) is 5.58. The molecule has 2 aromatic rings. The highest BCUT2D eigenvalue weighted by Gasteiger charge is 2.13. The SMILES string of the molecule is CC(C)CCn1nnc(C#N)c1COc1ccc(Cl)cc1. The smallest absolute Gasteiger partial charge is 0.189 e. The van der Waals surface area contributed by atoms with Gasteiger partial charge in [-0.15, -0.1) is 5.10 Å². The molecule has 0 radical (unpaired) electrons. The van der Waals surface area contributed by atoms with E-state index >= 15 is 0 Å². The zero-order valence-corrected chi connectivity index (χ0v) is 12.8. The third-order valence-corrected chi connectivity index (χ3v) is 3.30. The second kappa shape index (κ2) is 7.09. The summed E-state index contributed by atoms with van der Waals surface area (Å²) in [5, 5.41) is 17.7. The van der Waals surface area contributed by atoms with E-state index in [0.717, 1.165) is 13.0 Å². The lowest BCUT2D eigenvalue weighted by molar-refractivity contribution is 0.289. The highest BCUT2D eigenvalue weighted by Crippen LogP contribution is 2.18. The number of aryl methyl sites for hydroxylation is 1. The molecule has 1 aromatic heterocycles. The van der Waals surface area contributed by atoms with Crippen LogP contribution in [0.2, 0.25) is 5.02 Å². The number of nitriles is 1. The Bertz CT molecular complexity index is 628. The molecule has 0 bridgehead atoms. The Morgan fingerprint density at radius 1 is 1.33 bits per heavy atom. The van der Waals surface area contributed by atoms with Crippen molar-refractivity contribution in [3.05, 3.63) is 40.7 Å². The Balaban J connectivity index is 2.08. The van der Waals surface area contributed by atoms with Gasteiger partial charge in [0.25, 0.3) is 0 Å². The van der Waals surface area contributed by atoms with Gasteiger partial charge >= 0.3 is 0 Å². The van der Waals surface area contributed by atoms with Gasteiger partial charge in [0.1, 0.15) is 24.1 Å². The third-order valence-electron chi connectivity index (χ3n) is 3.05. The number of hydrogen-bond donors (Lipinski definition) is 0. The van der Waals surface area contributed by atoms with Crippen LogP contribution in [-0.4, -0.2) is 15.0 Å². The van der Waals surface area contributed by atoms with Crippen molar-refractivity contribution in [1.29, 1.82) is 5.26 Å². The van der Waals surface area contributed by atoms with E-state index in [0.29, 0.717) is 28.1 Å². The minimum absolute atomic E-state index is 0.260. The number of benzene rings is 1. The van der Waals surface area contributed by atoms with Crippen LogP contribution in [0.1, 0.15) is 31.7 Å². The number of ether oxygens (including phenoxy) is 1. The van der Waals surface area contributed by atoms with Gasteiger partial charge in [-0.1, -0.05) is 30.7 Å². The lowest BCUT2D eigenvalue weighted by Gasteiger charge is -2.10. The van der Waals surface area contributed by atoms with E-state index in [-0.39, 0.29) is 6.61 Å². The van der Waals surface area contributed by atoms with Gasteiger partial charge in [-0.05, 0) is 36.6 Å². The van der Waals surface area contributed by atoms with Crippen molar-refractivity contribution < 1.29 is 4.74 Å². The zero-order chi connectivity index (χ0) is 15.2. The maximum absolute atomic E-state index is 9.10. The van der Waals surface area contributed by atoms with E-state index in [2.05, 4.69) is 30.2 Å². The first-order chi connectivity index (χ1) is 10.1. The maximum atomic E-state index is 9.10. The molecule has 0 fully saturated rings. The Morgan fingerprint density at radius 2 is 2.05 bits per heavy atom. The largest absolute Gasteiger partial charge is 0.487 e. The van der Waals surface area contributed by atoms with Crippen molar-refractivity contribution in [2.45, 2.75) is 33.4 Å². The summed E-state index contributed by atoms with van der Waals surface area (Å²) >= 11 is 5.83. The van der Waals surface area contributed by atoms with Crippen LogP contribution in [-0.2, 0) is 13.2 Å². The van der Waals surface area contributed by atoms with Crippen LogP contribution in [0.4, 0.5) is 0 Å². The molecule has 110 valence electrons. The molecule has 5 nitrogen and oxygen atoms in total. The third kappa shape index (κ3) is 4.20. The summed E-state index contributed by atoms with van der Waals surface area (Å²) in [5.41, 5.74) is 1.01. The summed E-state index contributed by atoms with van der Waals surface area (Å²) in [6.45, 7) is 5.28. The minimum atomic E-state index is 0.260. The molecule has 21 heavy (non-hydrogen) atoms. The summed E-state index contributed by atoms with van der Waals surface area (Å²) in [4.78, 5) is 0.